The van der Waals surface area contributed by atoms with Gasteiger partial charge in [-0.25, -0.2) is 0 Å². The molecule has 0 spiro atoms. The highest BCUT2D eigenvalue weighted by Crippen LogP contribution is 2.21. The summed E-state index contributed by atoms with van der Waals surface area (Å²) in [5, 5.41) is 12.4. The van der Waals surface area contributed by atoms with E-state index in [1.54, 1.807) is 0 Å². The summed E-state index contributed by atoms with van der Waals surface area (Å²) < 4.78 is 5.53. The number of aliphatic hydroxyl groups excluding tert-OH is 1. The van der Waals surface area contributed by atoms with Crippen molar-refractivity contribution < 1.29 is 9.84 Å². The molecule has 0 saturated carbocycles. The van der Waals surface area contributed by atoms with Crippen LogP contribution in [0.2, 0.25) is 0 Å². The lowest BCUT2D eigenvalue weighted by Gasteiger charge is -2.35. The molecule has 66 valence electrons. The van der Waals surface area contributed by atoms with Crippen molar-refractivity contribution in [3.8, 4) is 0 Å². The lowest BCUT2D eigenvalue weighted by Crippen LogP contribution is -2.46. The molecule has 0 atom stereocenters. The highest BCUT2D eigenvalue weighted by molar-refractivity contribution is 4.85. The Morgan fingerprint density at radius 3 is 2.55 bits per heavy atom. The zero-order valence-electron chi connectivity index (χ0n) is 7.10. The molecule has 0 aromatic heterocycles. The van der Waals surface area contributed by atoms with E-state index in [4.69, 9.17) is 9.84 Å². The van der Waals surface area contributed by atoms with Gasteiger partial charge in [0.2, 0.25) is 0 Å². The van der Waals surface area contributed by atoms with Crippen LogP contribution >= 0.6 is 0 Å². The fraction of sp³-hybridized carbons (Fsp3) is 1.00. The minimum atomic E-state index is -0.236. The summed E-state index contributed by atoms with van der Waals surface area (Å²) >= 11 is 0. The molecule has 1 rings (SSSR count). The van der Waals surface area contributed by atoms with Gasteiger partial charge in [0, 0.05) is 6.61 Å². The molecule has 11 heavy (non-hydrogen) atoms. The SMILES string of the molecule is CCOC1(CO)CCNCC1. The van der Waals surface area contributed by atoms with Crippen molar-refractivity contribution in [3.63, 3.8) is 0 Å². The van der Waals surface area contributed by atoms with Crippen molar-refractivity contribution in [2.75, 3.05) is 26.3 Å². The van der Waals surface area contributed by atoms with Gasteiger partial charge in [0.1, 0.15) is 0 Å². The first-order valence-electron chi connectivity index (χ1n) is 4.28. The van der Waals surface area contributed by atoms with Crippen LogP contribution in [0.15, 0.2) is 0 Å². The fourth-order valence-electron chi connectivity index (χ4n) is 1.54. The number of rotatable bonds is 3. The predicted octanol–water partition coefficient (Wildman–Crippen LogP) is 0.137. The summed E-state index contributed by atoms with van der Waals surface area (Å²) in [5.41, 5.74) is -0.236. The molecule has 1 saturated heterocycles. The van der Waals surface area contributed by atoms with Crippen molar-refractivity contribution in [2.24, 2.45) is 0 Å². The number of aliphatic hydroxyl groups is 1. The van der Waals surface area contributed by atoms with E-state index in [2.05, 4.69) is 5.32 Å². The van der Waals surface area contributed by atoms with Gasteiger partial charge in [0.15, 0.2) is 0 Å². The van der Waals surface area contributed by atoms with Crippen LogP contribution in [0.4, 0.5) is 0 Å². The summed E-state index contributed by atoms with van der Waals surface area (Å²) in [6.07, 6.45) is 1.86. The van der Waals surface area contributed by atoms with Crippen LogP contribution in [0.3, 0.4) is 0 Å². The maximum Gasteiger partial charge on any atom is 0.0936 e. The Hall–Kier alpha value is -0.120. The summed E-state index contributed by atoms with van der Waals surface area (Å²) in [5.74, 6) is 0. The second-order valence-electron chi connectivity index (χ2n) is 3.02. The molecule has 0 radical (unpaired) electrons. The minimum absolute atomic E-state index is 0.155. The Kier molecular flexibility index (Phi) is 3.30. The summed E-state index contributed by atoms with van der Waals surface area (Å²) in [6, 6.07) is 0. The Labute approximate surface area is 67.7 Å². The molecule has 0 bridgehead atoms. The van der Waals surface area contributed by atoms with Crippen LogP contribution in [0.5, 0.6) is 0 Å². The van der Waals surface area contributed by atoms with Crippen molar-refractivity contribution in [3.05, 3.63) is 0 Å². The van der Waals surface area contributed by atoms with Crippen LogP contribution in [0, 0.1) is 0 Å². The Balaban J connectivity index is 2.42. The molecule has 1 aliphatic heterocycles. The maximum absolute atomic E-state index is 9.12. The second kappa shape index (κ2) is 4.04. The molecule has 3 nitrogen and oxygen atoms in total. The Bertz CT molecular complexity index is 105. The second-order valence-corrected chi connectivity index (χ2v) is 3.02. The van der Waals surface area contributed by atoms with E-state index in [9.17, 15) is 0 Å². The van der Waals surface area contributed by atoms with E-state index in [1.807, 2.05) is 6.92 Å². The monoisotopic (exact) mass is 159 g/mol. The molecule has 0 aromatic rings. The van der Waals surface area contributed by atoms with Crippen molar-refractivity contribution in [2.45, 2.75) is 25.4 Å². The van der Waals surface area contributed by atoms with Crippen molar-refractivity contribution >= 4 is 0 Å². The van der Waals surface area contributed by atoms with Gasteiger partial charge < -0.3 is 15.2 Å². The highest BCUT2D eigenvalue weighted by Gasteiger charge is 2.31. The maximum atomic E-state index is 9.12. The van der Waals surface area contributed by atoms with Gasteiger partial charge in [0.25, 0.3) is 0 Å². The molecule has 2 N–H and O–H groups in total. The lowest BCUT2D eigenvalue weighted by atomic mass is 9.93. The number of hydrogen-bond acceptors (Lipinski definition) is 3. The molecule has 1 aliphatic rings. The van der Waals surface area contributed by atoms with Crippen LogP contribution < -0.4 is 5.32 Å². The first-order valence-corrected chi connectivity index (χ1v) is 4.28. The highest BCUT2D eigenvalue weighted by atomic mass is 16.5. The van der Waals surface area contributed by atoms with Crippen LogP contribution in [0.1, 0.15) is 19.8 Å². The van der Waals surface area contributed by atoms with E-state index in [1.165, 1.54) is 0 Å². The molecule has 1 heterocycles. The van der Waals surface area contributed by atoms with E-state index >= 15 is 0 Å². The zero-order valence-corrected chi connectivity index (χ0v) is 7.10. The smallest absolute Gasteiger partial charge is 0.0936 e. The van der Waals surface area contributed by atoms with Crippen LogP contribution in [-0.2, 0) is 4.74 Å². The predicted molar refractivity (Wildman–Crippen MR) is 43.5 cm³/mol. The first kappa shape index (κ1) is 8.97. The largest absolute Gasteiger partial charge is 0.393 e. The molecule has 0 unspecified atom stereocenters. The lowest BCUT2D eigenvalue weighted by molar-refractivity contribution is -0.0920. The van der Waals surface area contributed by atoms with E-state index in [0.29, 0.717) is 6.61 Å². The van der Waals surface area contributed by atoms with E-state index in [-0.39, 0.29) is 12.2 Å². The van der Waals surface area contributed by atoms with Crippen molar-refractivity contribution in [1.29, 1.82) is 0 Å². The van der Waals surface area contributed by atoms with E-state index < -0.39 is 0 Å². The number of nitrogens with one attached hydrogen (secondary N) is 1. The van der Waals surface area contributed by atoms with Gasteiger partial charge in [-0.05, 0) is 32.9 Å². The standard InChI is InChI=1S/C8H17NO2/c1-2-11-8(7-10)3-5-9-6-4-8/h9-10H,2-7H2,1H3. The summed E-state index contributed by atoms with van der Waals surface area (Å²) in [7, 11) is 0. The van der Waals surface area contributed by atoms with Gasteiger partial charge in [-0.3, -0.25) is 0 Å². The Morgan fingerprint density at radius 1 is 1.45 bits per heavy atom. The third kappa shape index (κ3) is 2.15. The number of ether oxygens (including phenoxy) is 1. The average Bonchev–Trinajstić information content (AvgIpc) is 2.07. The van der Waals surface area contributed by atoms with E-state index in [0.717, 1.165) is 25.9 Å². The topological polar surface area (TPSA) is 41.5 Å². The molecule has 0 aliphatic carbocycles. The first-order chi connectivity index (χ1) is 5.33. The van der Waals surface area contributed by atoms with Crippen LogP contribution in [-0.4, -0.2) is 37.0 Å². The molecule has 0 aromatic carbocycles. The van der Waals surface area contributed by atoms with Gasteiger partial charge >= 0.3 is 0 Å². The number of hydrogen-bond donors (Lipinski definition) is 2. The average molecular weight is 159 g/mol. The third-order valence-corrected chi connectivity index (χ3v) is 2.25. The summed E-state index contributed by atoms with van der Waals surface area (Å²) in [6.45, 7) is 4.74. The normalized spacial score (nSPS) is 23.5. The van der Waals surface area contributed by atoms with Crippen LogP contribution in [0.25, 0.3) is 0 Å². The minimum Gasteiger partial charge on any atom is -0.393 e. The van der Waals surface area contributed by atoms with Gasteiger partial charge in [-0.2, -0.15) is 0 Å². The number of piperidine rings is 1. The zero-order chi connectivity index (χ0) is 8.16. The molecular weight excluding hydrogens is 142 g/mol. The molecule has 1 fully saturated rings. The van der Waals surface area contributed by atoms with Crippen molar-refractivity contribution in [1.82, 2.24) is 5.32 Å². The molecule has 0 amide bonds. The fourth-order valence-corrected chi connectivity index (χ4v) is 1.54. The van der Waals surface area contributed by atoms with Gasteiger partial charge in [0.05, 0.1) is 12.2 Å². The molecular formula is C8H17NO2. The molecule has 3 heteroatoms. The third-order valence-electron chi connectivity index (χ3n) is 2.25. The Morgan fingerprint density at radius 2 is 2.09 bits per heavy atom. The van der Waals surface area contributed by atoms with Gasteiger partial charge in [-0.15, -0.1) is 0 Å². The summed E-state index contributed by atoms with van der Waals surface area (Å²) in [4.78, 5) is 0. The quantitative estimate of drug-likeness (QED) is 0.615. The van der Waals surface area contributed by atoms with Gasteiger partial charge in [-0.1, -0.05) is 0 Å².